The Morgan fingerprint density at radius 2 is 1.93 bits per heavy atom. The Labute approximate surface area is 174 Å². The minimum Gasteiger partial charge on any atom is -0.345 e. The Morgan fingerprint density at radius 1 is 1.20 bits per heavy atom. The maximum atomic E-state index is 12.6. The molecular weight excluding hydrogens is 403 g/mol. The van der Waals surface area contributed by atoms with Crippen LogP contribution in [-0.4, -0.2) is 34.1 Å². The number of nitrogens with zero attached hydrogens (tertiary/aromatic N) is 2. The Morgan fingerprint density at radius 3 is 2.53 bits per heavy atom. The van der Waals surface area contributed by atoms with E-state index in [4.69, 9.17) is 4.52 Å². The zero-order chi connectivity index (χ0) is 21.7. The monoisotopic (exact) mass is 426 g/mol. The van der Waals surface area contributed by atoms with Gasteiger partial charge in [0, 0.05) is 24.4 Å². The summed E-state index contributed by atoms with van der Waals surface area (Å²) in [5, 5.41) is 3.39. The van der Waals surface area contributed by atoms with Crippen LogP contribution in [-0.2, 0) is 9.09 Å². The zero-order valence-corrected chi connectivity index (χ0v) is 17.8. The molecule has 0 aliphatic rings. The quantitative estimate of drug-likeness (QED) is 0.562. The van der Waals surface area contributed by atoms with Crippen LogP contribution in [0.2, 0.25) is 0 Å². The molecule has 0 saturated carbocycles. The molecule has 1 unspecified atom stereocenters. The van der Waals surface area contributed by atoms with Crippen molar-refractivity contribution in [2.45, 2.75) is 19.9 Å². The van der Waals surface area contributed by atoms with E-state index in [1.807, 2.05) is 0 Å². The highest BCUT2D eigenvalue weighted by Crippen LogP contribution is 2.41. The van der Waals surface area contributed by atoms with Crippen LogP contribution in [0.15, 0.2) is 59.7 Å². The molecule has 0 bridgehead atoms. The van der Waals surface area contributed by atoms with Crippen molar-refractivity contribution >= 4 is 18.6 Å². The van der Waals surface area contributed by atoms with Crippen LogP contribution >= 0.6 is 7.37 Å². The van der Waals surface area contributed by atoms with Gasteiger partial charge in [0.25, 0.3) is 11.5 Å². The Bertz CT molecular complexity index is 1130. The maximum absolute atomic E-state index is 12.6. The molecule has 3 aromatic rings. The molecule has 9 heteroatoms. The smallest absolute Gasteiger partial charge is 0.264 e. The van der Waals surface area contributed by atoms with Crippen LogP contribution in [0.5, 0.6) is 0 Å². The molecule has 2 atom stereocenters. The molecule has 1 amide bonds. The summed E-state index contributed by atoms with van der Waals surface area (Å²) in [6.45, 7) is 5.53. The van der Waals surface area contributed by atoms with E-state index in [0.717, 1.165) is 5.56 Å². The number of nitrogens with one attached hydrogen (secondary N) is 2. The van der Waals surface area contributed by atoms with Gasteiger partial charge in [-0.15, -0.1) is 0 Å². The highest BCUT2D eigenvalue weighted by atomic mass is 31.2. The van der Waals surface area contributed by atoms with Crippen molar-refractivity contribution in [2.24, 2.45) is 0 Å². The van der Waals surface area contributed by atoms with Crippen molar-refractivity contribution in [2.75, 3.05) is 13.3 Å². The second-order valence-corrected chi connectivity index (χ2v) is 9.21. The molecule has 30 heavy (non-hydrogen) atoms. The molecule has 8 nitrogen and oxygen atoms in total. The van der Waals surface area contributed by atoms with E-state index < -0.39 is 18.8 Å². The van der Waals surface area contributed by atoms with Gasteiger partial charge in [-0.05, 0) is 43.7 Å². The minimum atomic E-state index is -2.85. The van der Waals surface area contributed by atoms with Crippen molar-refractivity contribution in [1.29, 1.82) is 0 Å². The van der Waals surface area contributed by atoms with E-state index in [2.05, 4.69) is 20.3 Å². The number of aromatic amines is 1. The summed E-state index contributed by atoms with van der Waals surface area (Å²) >= 11 is 0. The SMILES string of the molecule is CCOP(C)(=O)c1ccc([C@H](C)NC(=O)c2cnc(-c3ccccn3)[nH]c2=O)cc1. The Balaban J connectivity index is 1.73. The number of benzene rings is 1. The van der Waals surface area contributed by atoms with Gasteiger partial charge in [-0.2, -0.15) is 0 Å². The molecule has 1 aromatic carbocycles. The predicted molar refractivity (Wildman–Crippen MR) is 115 cm³/mol. The van der Waals surface area contributed by atoms with Gasteiger partial charge in [0.05, 0.1) is 12.6 Å². The fourth-order valence-corrected chi connectivity index (χ4v) is 4.23. The summed E-state index contributed by atoms with van der Waals surface area (Å²) in [6.07, 6.45) is 2.83. The first-order chi connectivity index (χ1) is 14.3. The molecule has 0 saturated heterocycles. The number of amides is 1. The van der Waals surface area contributed by atoms with Gasteiger partial charge in [-0.3, -0.25) is 19.1 Å². The highest BCUT2D eigenvalue weighted by Gasteiger charge is 2.20. The average Bonchev–Trinajstić information content (AvgIpc) is 2.74. The molecule has 0 fully saturated rings. The number of aromatic nitrogens is 3. The molecule has 0 radical (unpaired) electrons. The molecule has 0 spiro atoms. The molecule has 3 rings (SSSR count). The number of carbonyl (C=O) groups is 1. The van der Waals surface area contributed by atoms with Crippen LogP contribution in [0.3, 0.4) is 0 Å². The van der Waals surface area contributed by atoms with Gasteiger partial charge in [-0.25, -0.2) is 4.98 Å². The molecule has 0 aliphatic heterocycles. The first kappa shape index (κ1) is 21.6. The standard InChI is InChI=1S/C21H23N4O4P/c1-4-29-30(3,28)16-10-8-15(9-11-16)14(2)24-20(26)17-13-23-19(25-21(17)27)18-7-5-6-12-22-18/h5-14H,4H2,1-3H3,(H,24,26)(H,23,25,27)/t14-,30?/m0/s1. The van der Waals surface area contributed by atoms with Crippen molar-refractivity contribution in [3.8, 4) is 11.5 Å². The molecule has 156 valence electrons. The summed E-state index contributed by atoms with van der Waals surface area (Å²) in [7, 11) is -2.85. The summed E-state index contributed by atoms with van der Waals surface area (Å²) in [5.41, 5.74) is 0.676. The van der Waals surface area contributed by atoms with E-state index in [9.17, 15) is 14.2 Å². The van der Waals surface area contributed by atoms with Gasteiger partial charge in [0.15, 0.2) is 5.82 Å². The summed E-state index contributed by atoms with van der Waals surface area (Å²) in [4.78, 5) is 35.8. The average molecular weight is 426 g/mol. The largest absolute Gasteiger partial charge is 0.345 e. The van der Waals surface area contributed by atoms with Gasteiger partial charge in [-0.1, -0.05) is 18.2 Å². The molecule has 0 aliphatic carbocycles. The fourth-order valence-electron chi connectivity index (χ4n) is 2.90. The summed E-state index contributed by atoms with van der Waals surface area (Å²) in [6, 6.07) is 11.9. The van der Waals surface area contributed by atoms with Crippen LogP contribution in [0.4, 0.5) is 0 Å². The Hall–Kier alpha value is -3.09. The first-order valence-corrected chi connectivity index (χ1v) is 11.5. The lowest BCUT2D eigenvalue weighted by molar-refractivity contribution is 0.0938. The molecule has 2 aromatic heterocycles. The molecule has 2 heterocycles. The second-order valence-electron chi connectivity index (χ2n) is 6.74. The van der Waals surface area contributed by atoms with Crippen LogP contribution in [0, 0.1) is 0 Å². The van der Waals surface area contributed by atoms with Crippen LogP contribution in [0.1, 0.15) is 35.8 Å². The number of carbonyl (C=O) groups excluding carboxylic acids is 1. The van der Waals surface area contributed by atoms with Crippen LogP contribution in [0.25, 0.3) is 11.5 Å². The topological polar surface area (TPSA) is 114 Å². The third kappa shape index (κ3) is 4.90. The number of H-pyrrole nitrogens is 1. The first-order valence-electron chi connectivity index (χ1n) is 9.46. The van der Waals surface area contributed by atoms with Crippen molar-refractivity contribution in [1.82, 2.24) is 20.3 Å². The summed E-state index contributed by atoms with van der Waals surface area (Å²) in [5.74, 6) is -0.248. The third-order valence-corrected chi connectivity index (χ3v) is 6.52. The van der Waals surface area contributed by atoms with E-state index in [0.29, 0.717) is 23.4 Å². The number of rotatable bonds is 7. The number of hydrogen-bond acceptors (Lipinski definition) is 6. The van der Waals surface area contributed by atoms with Crippen molar-refractivity contribution < 1.29 is 13.9 Å². The lowest BCUT2D eigenvalue weighted by Gasteiger charge is -2.17. The summed E-state index contributed by atoms with van der Waals surface area (Å²) < 4.78 is 17.8. The number of pyridine rings is 1. The Kier molecular flexibility index (Phi) is 6.59. The second kappa shape index (κ2) is 9.15. The fraction of sp³-hybridized carbons (Fsp3) is 0.238. The van der Waals surface area contributed by atoms with E-state index in [1.165, 1.54) is 6.20 Å². The van der Waals surface area contributed by atoms with E-state index in [1.54, 1.807) is 69.2 Å². The van der Waals surface area contributed by atoms with Crippen molar-refractivity contribution in [3.05, 3.63) is 76.3 Å². The van der Waals surface area contributed by atoms with Crippen LogP contribution < -0.4 is 16.2 Å². The van der Waals surface area contributed by atoms with Gasteiger partial charge in [0.2, 0.25) is 7.37 Å². The third-order valence-electron chi connectivity index (χ3n) is 4.54. The maximum Gasteiger partial charge on any atom is 0.264 e. The lowest BCUT2D eigenvalue weighted by Crippen LogP contribution is -2.32. The molecule has 2 N–H and O–H groups in total. The van der Waals surface area contributed by atoms with Gasteiger partial charge in [0.1, 0.15) is 11.3 Å². The number of hydrogen-bond donors (Lipinski definition) is 2. The van der Waals surface area contributed by atoms with Crippen molar-refractivity contribution in [3.63, 3.8) is 0 Å². The van der Waals surface area contributed by atoms with E-state index >= 15 is 0 Å². The van der Waals surface area contributed by atoms with E-state index in [-0.39, 0.29) is 11.6 Å². The lowest BCUT2D eigenvalue weighted by atomic mass is 10.1. The predicted octanol–water partition coefficient (Wildman–Crippen LogP) is 2.89. The van der Waals surface area contributed by atoms with Gasteiger partial charge < -0.3 is 14.8 Å². The normalized spacial score (nSPS) is 14.0. The van der Waals surface area contributed by atoms with Gasteiger partial charge >= 0.3 is 0 Å². The minimum absolute atomic E-state index is 0.0902. The molecular formula is C21H23N4O4P. The zero-order valence-electron chi connectivity index (χ0n) is 17.0. The highest BCUT2D eigenvalue weighted by molar-refractivity contribution is 7.66.